The van der Waals surface area contributed by atoms with Crippen molar-refractivity contribution in [3.8, 4) is 11.5 Å². The minimum absolute atomic E-state index is 0.163. The maximum Gasteiger partial charge on any atom is 0.264 e. The predicted molar refractivity (Wildman–Crippen MR) is 90.8 cm³/mol. The predicted octanol–water partition coefficient (Wildman–Crippen LogP) is 3.31. The number of nitrogens with zero attached hydrogens (tertiary/aromatic N) is 1. The molecule has 5 nitrogen and oxygen atoms in total. The number of sulfonamides is 1. The van der Waals surface area contributed by atoms with Crippen LogP contribution in [0.2, 0.25) is 0 Å². The summed E-state index contributed by atoms with van der Waals surface area (Å²) in [6, 6.07) is 13.6. The van der Waals surface area contributed by atoms with Gasteiger partial charge >= 0.3 is 0 Å². The Balaban J connectivity index is 2.41. The molecule has 0 fully saturated rings. The zero-order chi connectivity index (χ0) is 16.9. The molecule has 2 aromatic carbocycles. The topological polar surface area (TPSA) is 55.8 Å². The normalized spacial score (nSPS) is 11.1. The smallest absolute Gasteiger partial charge is 0.264 e. The fourth-order valence-electron chi connectivity index (χ4n) is 2.13. The molecular formula is C17H21NO4S. The van der Waals surface area contributed by atoms with Gasteiger partial charge < -0.3 is 9.47 Å². The molecule has 0 N–H and O–H groups in total. The van der Waals surface area contributed by atoms with Gasteiger partial charge in [0.1, 0.15) is 0 Å². The van der Waals surface area contributed by atoms with Crippen LogP contribution in [0.15, 0.2) is 53.4 Å². The van der Waals surface area contributed by atoms with Crippen molar-refractivity contribution >= 4 is 15.7 Å². The van der Waals surface area contributed by atoms with E-state index in [2.05, 4.69) is 0 Å². The van der Waals surface area contributed by atoms with Crippen molar-refractivity contribution in [1.82, 2.24) is 0 Å². The second kappa shape index (κ2) is 7.37. The first-order valence-corrected chi connectivity index (χ1v) is 8.88. The number of rotatable bonds is 7. The summed E-state index contributed by atoms with van der Waals surface area (Å²) in [5.41, 5.74) is 0.597. The molecule has 0 radical (unpaired) electrons. The highest BCUT2D eigenvalue weighted by Crippen LogP contribution is 2.32. The summed E-state index contributed by atoms with van der Waals surface area (Å²) in [6.07, 6.45) is 0. The van der Waals surface area contributed by atoms with E-state index < -0.39 is 10.0 Å². The van der Waals surface area contributed by atoms with Gasteiger partial charge in [-0.3, -0.25) is 4.31 Å². The van der Waals surface area contributed by atoms with Crippen LogP contribution in [-0.4, -0.2) is 28.7 Å². The Labute approximate surface area is 137 Å². The highest BCUT2D eigenvalue weighted by atomic mass is 32.2. The van der Waals surface area contributed by atoms with Gasteiger partial charge in [0.25, 0.3) is 10.0 Å². The average molecular weight is 335 g/mol. The molecule has 2 aromatic rings. The summed E-state index contributed by atoms with van der Waals surface area (Å²) in [4.78, 5) is 0.163. The Bertz CT molecular complexity index is 744. The molecule has 124 valence electrons. The van der Waals surface area contributed by atoms with Crippen molar-refractivity contribution in [2.45, 2.75) is 18.7 Å². The molecule has 0 bridgehead atoms. The van der Waals surface area contributed by atoms with Gasteiger partial charge in [-0.05, 0) is 38.1 Å². The van der Waals surface area contributed by atoms with Crippen LogP contribution >= 0.6 is 0 Å². The summed E-state index contributed by atoms with van der Waals surface area (Å²) in [6.45, 7) is 4.62. The summed E-state index contributed by atoms with van der Waals surface area (Å²) in [7, 11) is -2.14. The molecule has 23 heavy (non-hydrogen) atoms. The Morgan fingerprint density at radius 3 is 2.13 bits per heavy atom. The van der Waals surface area contributed by atoms with Crippen molar-refractivity contribution < 1.29 is 17.9 Å². The second-order valence-corrected chi connectivity index (χ2v) is 6.75. The van der Waals surface area contributed by atoms with Crippen LogP contribution in [0, 0.1) is 0 Å². The van der Waals surface area contributed by atoms with Crippen LogP contribution in [0.25, 0.3) is 0 Å². The van der Waals surface area contributed by atoms with Crippen molar-refractivity contribution in [3.63, 3.8) is 0 Å². The molecule has 0 amide bonds. The standard InChI is InChI=1S/C17H21NO4S/c1-4-21-16-12-11-15(13-17(16)22-5-2)23(19,20)18(3)14-9-7-6-8-10-14/h6-13H,4-5H2,1-3H3. The zero-order valence-electron chi connectivity index (χ0n) is 13.5. The fraction of sp³-hybridized carbons (Fsp3) is 0.294. The van der Waals surface area contributed by atoms with Crippen molar-refractivity contribution in [1.29, 1.82) is 0 Å². The third-order valence-corrected chi connectivity index (χ3v) is 5.07. The molecule has 0 aliphatic rings. The minimum atomic E-state index is -3.67. The molecule has 6 heteroatoms. The SMILES string of the molecule is CCOc1ccc(S(=O)(=O)N(C)c2ccccc2)cc1OCC. The Kier molecular flexibility index (Phi) is 5.50. The van der Waals surface area contributed by atoms with Gasteiger partial charge in [-0.1, -0.05) is 18.2 Å². The monoisotopic (exact) mass is 335 g/mol. The number of para-hydroxylation sites is 1. The summed E-state index contributed by atoms with van der Waals surface area (Å²) in [5.74, 6) is 0.965. The van der Waals surface area contributed by atoms with Crippen LogP contribution in [-0.2, 0) is 10.0 Å². The molecule has 0 aliphatic heterocycles. The van der Waals surface area contributed by atoms with E-state index >= 15 is 0 Å². The van der Waals surface area contributed by atoms with E-state index in [0.29, 0.717) is 30.4 Å². The van der Waals surface area contributed by atoms with Crippen LogP contribution in [0.3, 0.4) is 0 Å². The third-order valence-electron chi connectivity index (χ3n) is 3.29. The van der Waals surface area contributed by atoms with Gasteiger partial charge in [0.15, 0.2) is 11.5 Å². The number of ether oxygens (including phenoxy) is 2. The molecule has 0 spiro atoms. The molecular weight excluding hydrogens is 314 g/mol. The zero-order valence-corrected chi connectivity index (χ0v) is 14.3. The molecule has 2 rings (SSSR count). The highest BCUT2D eigenvalue weighted by molar-refractivity contribution is 7.92. The quantitative estimate of drug-likeness (QED) is 0.779. The van der Waals surface area contributed by atoms with Crippen molar-refractivity contribution in [2.75, 3.05) is 24.6 Å². The Morgan fingerprint density at radius 1 is 0.913 bits per heavy atom. The van der Waals surface area contributed by atoms with Gasteiger partial charge in [0.05, 0.1) is 23.8 Å². The molecule has 0 saturated carbocycles. The van der Waals surface area contributed by atoms with Crippen molar-refractivity contribution in [2.24, 2.45) is 0 Å². The van der Waals surface area contributed by atoms with E-state index in [4.69, 9.17) is 9.47 Å². The van der Waals surface area contributed by atoms with Gasteiger partial charge in [-0.15, -0.1) is 0 Å². The molecule has 0 aromatic heterocycles. The van der Waals surface area contributed by atoms with E-state index in [0.717, 1.165) is 0 Å². The summed E-state index contributed by atoms with van der Waals surface area (Å²) < 4.78 is 37.8. The van der Waals surface area contributed by atoms with E-state index in [-0.39, 0.29) is 4.90 Å². The molecule has 0 unspecified atom stereocenters. The van der Waals surface area contributed by atoms with Gasteiger partial charge in [-0.25, -0.2) is 8.42 Å². The summed E-state index contributed by atoms with van der Waals surface area (Å²) in [5, 5.41) is 0. The summed E-state index contributed by atoms with van der Waals surface area (Å²) >= 11 is 0. The van der Waals surface area contributed by atoms with Crippen LogP contribution in [0.5, 0.6) is 11.5 Å². The molecule has 0 aliphatic carbocycles. The van der Waals surface area contributed by atoms with E-state index in [1.54, 1.807) is 30.3 Å². The largest absolute Gasteiger partial charge is 0.490 e. The van der Waals surface area contributed by atoms with Crippen molar-refractivity contribution in [3.05, 3.63) is 48.5 Å². The number of anilines is 1. The van der Waals surface area contributed by atoms with Crippen LogP contribution in [0.1, 0.15) is 13.8 Å². The Morgan fingerprint density at radius 2 is 1.52 bits per heavy atom. The highest BCUT2D eigenvalue weighted by Gasteiger charge is 2.23. The number of hydrogen-bond acceptors (Lipinski definition) is 4. The average Bonchev–Trinajstić information content (AvgIpc) is 2.57. The first-order valence-electron chi connectivity index (χ1n) is 7.44. The minimum Gasteiger partial charge on any atom is -0.490 e. The Hall–Kier alpha value is -2.21. The van der Waals surface area contributed by atoms with Crippen LogP contribution in [0.4, 0.5) is 5.69 Å². The van der Waals surface area contributed by atoms with Gasteiger partial charge in [0.2, 0.25) is 0 Å². The van der Waals surface area contributed by atoms with Crippen LogP contribution < -0.4 is 13.8 Å². The number of benzene rings is 2. The molecule has 0 atom stereocenters. The lowest BCUT2D eigenvalue weighted by molar-refractivity contribution is 0.287. The second-order valence-electron chi connectivity index (χ2n) is 4.78. The fourth-order valence-corrected chi connectivity index (χ4v) is 3.34. The maximum absolute atomic E-state index is 12.8. The van der Waals surface area contributed by atoms with Gasteiger partial charge in [-0.2, -0.15) is 0 Å². The first-order chi connectivity index (χ1) is 11.0. The maximum atomic E-state index is 12.8. The lowest BCUT2D eigenvalue weighted by Crippen LogP contribution is -2.26. The van der Waals surface area contributed by atoms with E-state index in [9.17, 15) is 8.42 Å². The lowest BCUT2D eigenvalue weighted by Gasteiger charge is -2.20. The van der Waals surface area contributed by atoms with E-state index in [1.165, 1.54) is 23.5 Å². The molecule has 0 heterocycles. The number of hydrogen-bond donors (Lipinski definition) is 0. The first kappa shape index (κ1) is 17.1. The lowest BCUT2D eigenvalue weighted by atomic mass is 10.3. The third kappa shape index (κ3) is 3.76. The molecule has 0 saturated heterocycles. The van der Waals surface area contributed by atoms with Gasteiger partial charge in [0, 0.05) is 13.1 Å². The van der Waals surface area contributed by atoms with E-state index in [1.807, 2.05) is 19.9 Å².